The van der Waals surface area contributed by atoms with E-state index in [9.17, 15) is 22.0 Å². The molecule has 0 radical (unpaired) electrons. The zero-order chi connectivity index (χ0) is 21.7. The third-order valence-electron chi connectivity index (χ3n) is 4.16. The number of carbonyl (C=O) groups is 1. The topological polar surface area (TPSA) is 75.7 Å². The highest BCUT2D eigenvalue weighted by molar-refractivity contribution is 7.92. The van der Waals surface area contributed by atoms with E-state index in [-0.39, 0.29) is 16.3 Å². The van der Waals surface area contributed by atoms with Crippen molar-refractivity contribution in [3.63, 3.8) is 0 Å². The predicted octanol–water partition coefficient (Wildman–Crippen LogP) is 3.81. The first-order valence-corrected chi connectivity index (χ1v) is 10.2. The molecule has 6 nitrogen and oxygen atoms in total. The van der Waals surface area contributed by atoms with E-state index in [1.165, 1.54) is 61.7 Å². The van der Waals surface area contributed by atoms with Crippen molar-refractivity contribution in [1.29, 1.82) is 0 Å². The molecule has 3 aromatic rings. The summed E-state index contributed by atoms with van der Waals surface area (Å²) in [6, 6.07) is 15.5. The number of anilines is 2. The summed E-state index contributed by atoms with van der Waals surface area (Å²) < 4.78 is 59.0. The van der Waals surface area contributed by atoms with Crippen molar-refractivity contribution < 1.29 is 26.7 Å². The third-order valence-corrected chi connectivity index (χ3v) is 5.95. The second-order valence-corrected chi connectivity index (χ2v) is 8.08. The van der Waals surface area contributed by atoms with E-state index in [1.54, 1.807) is 0 Å². The molecule has 3 rings (SSSR count). The minimum absolute atomic E-state index is 0.0776. The highest BCUT2D eigenvalue weighted by Crippen LogP contribution is 2.25. The molecule has 30 heavy (non-hydrogen) atoms. The maximum Gasteiger partial charge on any atom is 0.264 e. The van der Waals surface area contributed by atoms with Crippen LogP contribution in [-0.2, 0) is 14.8 Å². The van der Waals surface area contributed by atoms with Gasteiger partial charge in [0.05, 0.1) is 17.7 Å². The van der Waals surface area contributed by atoms with E-state index < -0.39 is 34.1 Å². The van der Waals surface area contributed by atoms with Gasteiger partial charge in [0.1, 0.15) is 23.9 Å². The largest absolute Gasteiger partial charge is 0.497 e. The fourth-order valence-corrected chi connectivity index (χ4v) is 4.12. The number of amides is 1. The van der Waals surface area contributed by atoms with Crippen molar-refractivity contribution in [2.75, 3.05) is 23.3 Å². The summed E-state index contributed by atoms with van der Waals surface area (Å²) in [4.78, 5) is 12.4. The summed E-state index contributed by atoms with van der Waals surface area (Å²) >= 11 is 0. The number of carbonyl (C=O) groups excluding carboxylic acids is 1. The van der Waals surface area contributed by atoms with Crippen LogP contribution >= 0.6 is 0 Å². The number of benzene rings is 3. The molecule has 0 heterocycles. The summed E-state index contributed by atoms with van der Waals surface area (Å²) in [5.41, 5.74) is 0.280. The molecular formula is C21H18F2N2O4S. The smallest absolute Gasteiger partial charge is 0.264 e. The fourth-order valence-electron chi connectivity index (χ4n) is 2.69. The standard InChI is InChI=1S/C21H18F2N2O4S/c1-29-19-9-11-20(12-10-19)30(27,28)25(18-7-5-15(22)6-8-18)14-21(26)24-17-4-2-3-16(23)13-17/h2-13H,14H2,1H3,(H,24,26). The van der Waals surface area contributed by atoms with Gasteiger partial charge in [0.2, 0.25) is 5.91 Å². The van der Waals surface area contributed by atoms with Crippen LogP contribution in [0, 0.1) is 11.6 Å². The molecule has 0 saturated carbocycles. The zero-order valence-electron chi connectivity index (χ0n) is 15.9. The maximum absolute atomic E-state index is 13.4. The monoisotopic (exact) mass is 432 g/mol. The maximum atomic E-state index is 13.4. The molecule has 1 N–H and O–H groups in total. The normalized spacial score (nSPS) is 11.0. The van der Waals surface area contributed by atoms with Gasteiger partial charge in [-0.05, 0) is 66.7 Å². The number of halogens is 2. The van der Waals surface area contributed by atoms with Crippen molar-refractivity contribution in [1.82, 2.24) is 0 Å². The Kier molecular flexibility index (Phi) is 6.31. The minimum atomic E-state index is -4.17. The Morgan fingerprint density at radius 2 is 1.63 bits per heavy atom. The molecule has 0 unspecified atom stereocenters. The number of nitrogens with zero attached hydrogens (tertiary/aromatic N) is 1. The molecule has 0 bridgehead atoms. The summed E-state index contributed by atoms with van der Waals surface area (Å²) in [5, 5.41) is 2.46. The van der Waals surface area contributed by atoms with E-state index in [0.717, 1.165) is 22.5 Å². The average Bonchev–Trinajstić information content (AvgIpc) is 2.73. The predicted molar refractivity (Wildman–Crippen MR) is 109 cm³/mol. The SMILES string of the molecule is COc1ccc(S(=O)(=O)N(CC(=O)Nc2cccc(F)c2)c2ccc(F)cc2)cc1. The number of hydrogen-bond acceptors (Lipinski definition) is 4. The highest BCUT2D eigenvalue weighted by Gasteiger charge is 2.27. The summed E-state index contributed by atoms with van der Waals surface area (Å²) in [6.07, 6.45) is 0. The lowest BCUT2D eigenvalue weighted by atomic mass is 10.3. The minimum Gasteiger partial charge on any atom is -0.497 e. The first-order valence-electron chi connectivity index (χ1n) is 8.77. The van der Waals surface area contributed by atoms with Gasteiger partial charge in [-0.25, -0.2) is 17.2 Å². The van der Waals surface area contributed by atoms with E-state index in [4.69, 9.17) is 4.74 Å². The number of sulfonamides is 1. The van der Waals surface area contributed by atoms with Crippen molar-refractivity contribution in [3.05, 3.63) is 84.4 Å². The molecule has 0 spiro atoms. The Morgan fingerprint density at radius 1 is 0.967 bits per heavy atom. The van der Waals surface area contributed by atoms with Gasteiger partial charge < -0.3 is 10.1 Å². The second-order valence-electron chi connectivity index (χ2n) is 6.22. The van der Waals surface area contributed by atoms with Crippen molar-refractivity contribution in [2.45, 2.75) is 4.90 Å². The molecule has 0 aliphatic rings. The third kappa shape index (κ3) is 4.93. The highest BCUT2D eigenvalue weighted by atomic mass is 32.2. The van der Waals surface area contributed by atoms with Gasteiger partial charge in [-0.2, -0.15) is 0 Å². The van der Waals surface area contributed by atoms with E-state index in [0.29, 0.717) is 5.75 Å². The summed E-state index contributed by atoms with van der Waals surface area (Å²) in [5.74, 6) is -1.33. The summed E-state index contributed by atoms with van der Waals surface area (Å²) in [6.45, 7) is -0.601. The molecule has 0 atom stereocenters. The number of nitrogens with one attached hydrogen (secondary N) is 1. The van der Waals surface area contributed by atoms with Gasteiger partial charge >= 0.3 is 0 Å². The van der Waals surface area contributed by atoms with Crippen molar-refractivity contribution in [2.24, 2.45) is 0 Å². The molecular weight excluding hydrogens is 414 g/mol. The number of hydrogen-bond donors (Lipinski definition) is 1. The number of rotatable bonds is 7. The Hall–Kier alpha value is -3.46. The molecule has 0 aliphatic carbocycles. The van der Waals surface area contributed by atoms with Gasteiger partial charge in [0.15, 0.2) is 0 Å². The van der Waals surface area contributed by atoms with Gasteiger partial charge in [-0.3, -0.25) is 9.10 Å². The van der Waals surface area contributed by atoms with Crippen LogP contribution in [0.3, 0.4) is 0 Å². The molecule has 0 fully saturated rings. The van der Waals surface area contributed by atoms with Crippen LogP contribution in [0.5, 0.6) is 5.75 Å². The van der Waals surface area contributed by atoms with E-state index in [1.807, 2.05) is 0 Å². The van der Waals surface area contributed by atoms with Crippen LogP contribution < -0.4 is 14.4 Å². The van der Waals surface area contributed by atoms with Crippen LogP contribution in [0.4, 0.5) is 20.2 Å². The molecule has 156 valence electrons. The summed E-state index contributed by atoms with van der Waals surface area (Å²) in [7, 11) is -2.72. The lowest BCUT2D eigenvalue weighted by Crippen LogP contribution is -2.38. The second kappa shape index (κ2) is 8.91. The van der Waals surface area contributed by atoms with Gasteiger partial charge in [0.25, 0.3) is 10.0 Å². The van der Waals surface area contributed by atoms with Gasteiger partial charge in [0, 0.05) is 5.69 Å². The van der Waals surface area contributed by atoms with E-state index >= 15 is 0 Å². The Morgan fingerprint density at radius 3 is 2.23 bits per heavy atom. The molecule has 3 aromatic carbocycles. The molecule has 1 amide bonds. The van der Waals surface area contributed by atoms with Gasteiger partial charge in [-0.15, -0.1) is 0 Å². The number of methoxy groups -OCH3 is 1. The molecule has 0 saturated heterocycles. The molecule has 0 aliphatic heterocycles. The van der Waals surface area contributed by atoms with Crippen LogP contribution in [0.15, 0.2) is 77.7 Å². The fraction of sp³-hybridized carbons (Fsp3) is 0.0952. The molecule has 0 aromatic heterocycles. The number of ether oxygens (including phenoxy) is 1. The van der Waals surface area contributed by atoms with Crippen LogP contribution in [-0.4, -0.2) is 28.0 Å². The first kappa shape index (κ1) is 21.3. The molecule has 9 heteroatoms. The van der Waals surface area contributed by atoms with Crippen LogP contribution in [0.25, 0.3) is 0 Å². The van der Waals surface area contributed by atoms with Crippen molar-refractivity contribution in [3.8, 4) is 5.75 Å². The van der Waals surface area contributed by atoms with E-state index in [2.05, 4.69) is 5.32 Å². The Bertz CT molecular complexity index is 1130. The Balaban J connectivity index is 1.93. The van der Waals surface area contributed by atoms with Gasteiger partial charge in [-0.1, -0.05) is 6.07 Å². The lowest BCUT2D eigenvalue weighted by Gasteiger charge is -2.24. The Labute approximate surface area is 172 Å². The van der Waals surface area contributed by atoms with Crippen molar-refractivity contribution >= 4 is 27.3 Å². The van der Waals surface area contributed by atoms with Crippen LogP contribution in [0.2, 0.25) is 0 Å². The van der Waals surface area contributed by atoms with Crippen LogP contribution in [0.1, 0.15) is 0 Å². The quantitative estimate of drug-likeness (QED) is 0.616. The first-order chi connectivity index (χ1) is 14.3. The average molecular weight is 432 g/mol. The zero-order valence-corrected chi connectivity index (χ0v) is 16.7. The lowest BCUT2D eigenvalue weighted by molar-refractivity contribution is -0.114.